The third-order valence-corrected chi connectivity index (χ3v) is 15.6. The Morgan fingerprint density at radius 3 is 1.98 bits per heavy atom. The normalized spacial score (nSPS) is 15.0. The number of likely N-dealkylation sites (N-methyl/N-ethyl adjacent to an activating group) is 1. The van der Waals surface area contributed by atoms with Gasteiger partial charge < -0.3 is 30.3 Å². The van der Waals surface area contributed by atoms with Gasteiger partial charge in [0.15, 0.2) is 11.5 Å². The number of hydrogen-bond acceptors (Lipinski definition) is 12. The molecule has 5 aromatic carbocycles. The number of hydrogen-bond donors (Lipinski definition) is 3. The van der Waals surface area contributed by atoms with Crippen molar-refractivity contribution in [2.75, 3.05) is 37.7 Å². The van der Waals surface area contributed by atoms with E-state index in [-0.39, 0.29) is 35.1 Å². The highest BCUT2D eigenvalue weighted by molar-refractivity contribution is 6.03. The lowest BCUT2D eigenvalue weighted by Crippen LogP contribution is -2.46. The molecule has 2 aliphatic heterocycles. The summed E-state index contributed by atoms with van der Waals surface area (Å²) in [4.78, 5) is 42.7. The van der Waals surface area contributed by atoms with Crippen LogP contribution in [0.5, 0.6) is 11.5 Å². The van der Waals surface area contributed by atoms with Crippen molar-refractivity contribution in [3.05, 3.63) is 180 Å². The van der Waals surface area contributed by atoms with Crippen LogP contribution in [0.2, 0.25) is 0 Å². The molecule has 3 heterocycles. The molecule has 2 aliphatic rings. The number of ether oxygens (including phenoxy) is 2. The lowest BCUT2D eigenvalue weighted by atomic mass is 9.81. The fourth-order valence-corrected chi connectivity index (χ4v) is 10.8. The van der Waals surface area contributed by atoms with Crippen molar-refractivity contribution in [2.24, 2.45) is 10.2 Å². The van der Waals surface area contributed by atoms with Crippen LogP contribution in [0.3, 0.4) is 0 Å². The number of unbranched alkanes of at least 4 members (excludes halogenated alkanes) is 4. The number of anilines is 1. The maximum absolute atomic E-state index is 13.8. The third kappa shape index (κ3) is 17.2. The van der Waals surface area contributed by atoms with Crippen molar-refractivity contribution < 1.29 is 28.4 Å². The molecule has 16 heteroatoms. The van der Waals surface area contributed by atoms with Gasteiger partial charge in [0.2, 0.25) is 29.2 Å². The number of aryl methyl sites for hydroxylation is 1. The molecule has 8 rings (SSSR count). The number of allylic oxidation sites excluding steroid dienone is 6. The van der Waals surface area contributed by atoms with Crippen LogP contribution < -0.4 is 30.3 Å². The van der Waals surface area contributed by atoms with Crippen LogP contribution in [-0.2, 0) is 31.8 Å². The molecular formula is C69H84N11O5+. The summed E-state index contributed by atoms with van der Waals surface area (Å²) in [5, 5.41) is 34.0. The molecule has 0 bridgehead atoms. The predicted molar refractivity (Wildman–Crippen MR) is 337 cm³/mol. The summed E-state index contributed by atoms with van der Waals surface area (Å²) in [6, 6.07) is 39.0. The Hall–Kier alpha value is -8.66. The van der Waals surface area contributed by atoms with Gasteiger partial charge in [-0.25, -0.2) is 0 Å². The Kier molecular flexibility index (Phi) is 22.6. The molecule has 16 nitrogen and oxygen atoms in total. The second-order valence-corrected chi connectivity index (χ2v) is 22.7. The quantitative estimate of drug-likeness (QED) is 0.0164. The third-order valence-electron chi connectivity index (χ3n) is 15.6. The van der Waals surface area contributed by atoms with Crippen LogP contribution >= 0.6 is 0 Å². The molecule has 0 saturated carbocycles. The number of carbonyl (C=O) groups excluding carboxylic acids is 3. The van der Waals surface area contributed by atoms with Gasteiger partial charge in [0.25, 0.3) is 0 Å². The Morgan fingerprint density at radius 1 is 0.647 bits per heavy atom. The number of nitrogens with zero attached hydrogens (tertiary/aromatic N) is 8. The van der Waals surface area contributed by atoms with E-state index in [4.69, 9.17) is 9.47 Å². The minimum Gasteiger partial charge on any atom is -0.494 e. The fraction of sp³-hybridized carbons (Fsp3) is 0.391. The number of azo groups is 1. The average molecular weight is 1150 g/mol. The van der Waals surface area contributed by atoms with E-state index in [1.807, 2.05) is 72.8 Å². The molecule has 0 fully saturated rings. The van der Waals surface area contributed by atoms with Crippen LogP contribution in [-0.4, -0.2) is 87.3 Å². The monoisotopic (exact) mass is 1150 g/mol. The van der Waals surface area contributed by atoms with Crippen molar-refractivity contribution in [3.63, 3.8) is 0 Å². The molecule has 3 amide bonds. The molecule has 1 aromatic heterocycles. The zero-order valence-corrected chi connectivity index (χ0v) is 50.7. The largest absolute Gasteiger partial charge is 0.494 e. The van der Waals surface area contributed by atoms with E-state index >= 15 is 0 Å². The number of nitrogens with one attached hydrogen (secondary N) is 3. The molecule has 1 unspecified atom stereocenters. The highest BCUT2D eigenvalue weighted by Crippen LogP contribution is 2.47. The minimum atomic E-state index is -0.744. The summed E-state index contributed by atoms with van der Waals surface area (Å²) in [6.07, 6.45) is 18.3. The van der Waals surface area contributed by atoms with Crippen LogP contribution in [0, 0.1) is 6.92 Å². The summed E-state index contributed by atoms with van der Waals surface area (Å²) < 4.78 is 14.1. The molecule has 85 heavy (non-hydrogen) atoms. The van der Waals surface area contributed by atoms with E-state index in [1.54, 1.807) is 6.92 Å². The van der Waals surface area contributed by atoms with Crippen molar-refractivity contribution in [3.8, 4) is 22.9 Å². The van der Waals surface area contributed by atoms with Gasteiger partial charge in [-0.2, -0.15) is 14.8 Å². The molecule has 0 saturated heterocycles. The lowest BCUT2D eigenvalue weighted by Gasteiger charge is -2.25. The maximum atomic E-state index is 13.8. The van der Waals surface area contributed by atoms with Gasteiger partial charge in [0.05, 0.1) is 30.0 Å². The summed E-state index contributed by atoms with van der Waals surface area (Å²) in [6.45, 7) is 18.8. The first-order valence-corrected chi connectivity index (χ1v) is 30.3. The highest BCUT2D eigenvalue weighted by atomic mass is 16.5. The first kappa shape index (κ1) is 62.4. The first-order valence-electron chi connectivity index (χ1n) is 30.3. The van der Waals surface area contributed by atoms with Crippen molar-refractivity contribution in [1.29, 1.82) is 0 Å². The summed E-state index contributed by atoms with van der Waals surface area (Å²) in [7, 11) is 0. The smallest absolute Gasteiger partial charge is 0.242 e. The highest BCUT2D eigenvalue weighted by Gasteiger charge is 2.44. The number of carbonyl (C=O) groups is 3. The summed E-state index contributed by atoms with van der Waals surface area (Å²) in [5.41, 5.74) is 10.5. The molecule has 6 aromatic rings. The number of para-hydroxylation sites is 2. The number of aromatic nitrogens is 4. The number of fused-ring (bicyclic) bond motifs is 2. The Labute approximate surface area is 502 Å². The second-order valence-electron chi connectivity index (χ2n) is 22.7. The molecule has 0 radical (unpaired) electrons. The predicted octanol–water partition coefficient (Wildman–Crippen LogP) is 13.5. The van der Waals surface area contributed by atoms with Gasteiger partial charge in [-0.15, -0.1) is 20.4 Å². The minimum absolute atomic E-state index is 0.0710. The number of benzene rings is 5. The van der Waals surface area contributed by atoms with E-state index < -0.39 is 6.04 Å². The van der Waals surface area contributed by atoms with Gasteiger partial charge in [0, 0.05) is 79.0 Å². The van der Waals surface area contributed by atoms with Crippen LogP contribution in [0.25, 0.3) is 11.4 Å². The van der Waals surface area contributed by atoms with Gasteiger partial charge >= 0.3 is 0 Å². The van der Waals surface area contributed by atoms with Gasteiger partial charge in [-0.1, -0.05) is 106 Å². The van der Waals surface area contributed by atoms with Crippen molar-refractivity contribution in [1.82, 2.24) is 36.3 Å². The molecule has 444 valence electrons. The van der Waals surface area contributed by atoms with E-state index in [0.29, 0.717) is 87.8 Å². The van der Waals surface area contributed by atoms with E-state index in [0.717, 1.165) is 61.3 Å². The molecule has 3 N–H and O–H groups in total. The average Bonchev–Trinajstić information content (AvgIpc) is 1.96. The van der Waals surface area contributed by atoms with Crippen LogP contribution in [0.1, 0.15) is 135 Å². The van der Waals surface area contributed by atoms with Gasteiger partial charge in [-0.05, 0) is 144 Å². The Balaban J connectivity index is 0.794. The summed E-state index contributed by atoms with van der Waals surface area (Å²) in [5.74, 6) is 1.90. The topological polar surface area (TPSA) is 188 Å². The van der Waals surface area contributed by atoms with Crippen molar-refractivity contribution in [2.45, 2.75) is 143 Å². The van der Waals surface area contributed by atoms with E-state index in [1.165, 1.54) is 33.9 Å². The molecular weight excluding hydrogens is 1060 g/mol. The van der Waals surface area contributed by atoms with E-state index in [9.17, 15) is 14.4 Å². The molecule has 0 aliphatic carbocycles. The standard InChI is InChI=1S/C69H83N11O5/c1-8-10-47-84-55-41-37-53(38-42-55)75-76-54-39-43-56(44-40-54)85-48-23-32-64(81)70-45-21-20-26-59(67(83)71-49-51-33-35-52(36-34-51)66-77-73-50(3)74-78-66)72-65(82)31-15-12-22-46-80-61-28-19-17-25-58(61)69(6,7)63(80)30-14-11-13-29-62-68(4,5)57-24-16-18-27-60(57)79(62)9-2/h11,13-14,16-19,24-25,27-30,33-44,59H,8-10,12,15,20-23,26,31-32,45-49H2,1-7H3,(H2-,70,71,72,81,82,83)/p+1. The van der Waals surface area contributed by atoms with Crippen molar-refractivity contribution >= 4 is 46.2 Å². The summed E-state index contributed by atoms with van der Waals surface area (Å²) >= 11 is 0. The molecule has 1 atom stereocenters. The second kappa shape index (κ2) is 30.8. The van der Waals surface area contributed by atoms with Crippen LogP contribution in [0.15, 0.2) is 168 Å². The van der Waals surface area contributed by atoms with Gasteiger partial charge in [-0.3, -0.25) is 14.4 Å². The fourth-order valence-electron chi connectivity index (χ4n) is 10.8. The zero-order chi connectivity index (χ0) is 60.0. The van der Waals surface area contributed by atoms with Crippen LogP contribution in [0.4, 0.5) is 22.7 Å². The SMILES string of the molecule is CCCCOc1ccc(N=Nc2ccc(OCCCC(=O)NCCCCC(NC(=O)CCCCC[N+]3=C(/C=C/C=C/C=C4/N(CC)c5ccccc5C4(C)C)C(C)(C)c4ccccc43)C(=O)NCc3ccc(-c4nnc(C)nn4)cc3)cc2)cc1. The van der Waals surface area contributed by atoms with E-state index in [2.05, 4.69) is 177 Å². The Morgan fingerprint density at radius 2 is 1.29 bits per heavy atom. The lowest BCUT2D eigenvalue weighted by molar-refractivity contribution is -0.438. The Bertz CT molecular complexity index is 3330. The number of amides is 3. The zero-order valence-electron chi connectivity index (χ0n) is 50.7. The first-order chi connectivity index (χ1) is 41.2. The molecule has 0 spiro atoms. The maximum Gasteiger partial charge on any atom is 0.242 e. The van der Waals surface area contributed by atoms with Gasteiger partial charge in [0.1, 0.15) is 24.1 Å². The number of rotatable bonds is 31.